The molecular weight excluding hydrogens is 460 g/mol. The molecule has 9 nitrogen and oxygen atoms in total. The van der Waals surface area contributed by atoms with Gasteiger partial charge in [0, 0.05) is 17.5 Å². The quantitative estimate of drug-likeness (QED) is 0.524. The number of rotatable bonds is 7. The van der Waals surface area contributed by atoms with E-state index < -0.39 is 5.91 Å². The standard InChI is InChI=1S/C27H32N4O5/c1-16-8-7-11-21(17(16)2)29-24(32)15-28-26(33)25-19-9-5-6-10-20(19)27(34)31(30-25)18-12-13-22(35-3)23(14-18)36-4/h5-6,9-10,12-14,16-17,21H,7-8,11,15H2,1-4H3,(H,28,33)(H,29,32)/t16-,17-,21+/m0/s1. The van der Waals surface area contributed by atoms with Gasteiger partial charge in [-0.2, -0.15) is 9.78 Å². The minimum atomic E-state index is -0.541. The van der Waals surface area contributed by atoms with Gasteiger partial charge in [0.05, 0.1) is 31.8 Å². The Hall–Kier alpha value is -3.88. The molecule has 0 bridgehead atoms. The molecule has 1 aliphatic carbocycles. The van der Waals surface area contributed by atoms with E-state index in [1.807, 2.05) is 0 Å². The molecule has 1 heterocycles. The smallest absolute Gasteiger partial charge is 0.279 e. The minimum Gasteiger partial charge on any atom is -0.493 e. The predicted molar refractivity (Wildman–Crippen MR) is 137 cm³/mol. The molecule has 1 aliphatic rings. The fraction of sp³-hybridized carbons (Fsp3) is 0.407. The maximum absolute atomic E-state index is 13.2. The molecule has 0 aliphatic heterocycles. The number of nitrogens with one attached hydrogen (secondary N) is 2. The third-order valence-corrected chi connectivity index (χ3v) is 7.09. The van der Waals surface area contributed by atoms with Crippen LogP contribution in [0, 0.1) is 11.8 Å². The van der Waals surface area contributed by atoms with Gasteiger partial charge in [0.25, 0.3) is 11.5 Å². The van der Waals surface area contributed by atoms with E-state index in [4.69, 9.17) is 9.47 Å². The molecule has 4 rings (SSSR count). The van der Waals surface area contributed by atoms with Gasteiger partial charge in [-0.25, -0.2) is 0 Å². The summed E-state index contributed by atoms with van der Waals surface area (Å²) in [6.45, 7) is 4.18. The van der Waals surface area contributed by atoms with Crippen molar-refractivity contribution in [3.8, 4) is 17.2 Å². The lowest BCUT2D eigenvalue weighted by Gasteiger charge is -2.34. The second kappa shape index (κ2) is 10.8. The molecule has 2 N–H and O–H groups in total. The third kappa shape index (κ3) is 5.05. The lowest BCUT2D eigenvalue weighted by molar-refractivity contribution is -0.121. The van der Waals surface area contributed by atoms with Gasteiger partial charge in [-0.05, 0) is 36.5 Å². The van der Waals surface area contributed by atoms with Gasteiger partial charge in [0.2, 0.25) is 5.91 Å². The fourth-order valence-corrected chi connectivity index (χ4v) is 4.78. The SMILES string of the molecule is COc1ccc(-n2nc(C(=O)NCC(=O)N[C@@H]3CCC[C@H](C)[C@@H]3C)c3ccccc3c2=O)cc1OC. The van der Waals surface area contributed by atoms with Crippen LogP contribution in [0.2, 0.25) is 0 Å². The minimum absolute atomic E-state index is 0.0486. The number of amides is 2. The van der Waals surface area contributed by atoms with Crippen LogP contribution < -0.4 is 25.7 Å². The summed E-state index contributed by atoms with van der Waals surface area (Å²) in [7, 11) is 3.02. The summed E-state index contributed by atoms with van der Waals surface area (Å²) in [5.74, 6) is 1.07. The molecule has 190 valence electrons. The van der Waals surface area contributed by atoms with Crippen molar-refractivity contribution in [1.82, 2.24) is 20.4 Å². The number of methoxy groups -OCH3 is 2. The van der Waals surface area contributed by atoms with Crippen molar-refractivity contribution >= 4 is 22.6 Å². The first-order chi connectivity index (χ1) is 17.3. The molecule has 1 aromatic heterocycles. The van der Waals surface area contributed by atoms with E-state index in [0.717, 1.165) is 17.5 Å². The van der Waals surface area contributed by atoms with Crippen LogP contribution in [0.4, 0.5) is 0 Å². The molecule has 0 radical (unpaired) electrons. The summed E-state index contributed by atoms with van der Waals surface area (Å²) in [6.07, 6.45) is 3.18. The molecule has 0 saturated heterocycles. The van der Waals surface area contributed by atoms with Crippen molar-refractivity contribution in [2.75, 3.05) is 20.8 Å². The molecule has 1 fully saturated rings. The van der Waals surface area contributed by atoms with Crippen LogP contribution in [0.1, 0.15) is 43.6 Å². The van der Waals surface area contributed by atoms with Crippen molar-refractivity contribution in [1.29, 1.82) is 0 Å². The van der Waals surface area contributed by atoms with Crippen molar-refractivity contribution in [3.63, 3.8) is 0 Å². The number of aromatic nitrogens is 2. The van der Waals surface area contributed by atoms with Crippen molar-refractivity contribution in [2.24, 2.45) is 11.8 Å². The van der Waals surface area contributed by atoms with Gasteiger partial charge >= 0.3 is 0 Å². The molecule has 9 heteroatoms. The maximum Gasteiger partial charge on any atom is 0.279 e. The monoisotopic (exact) mass is 492 g/mol. The first-order valence-corrected chi connectivity index (χ1v) is 12.2. The van der Waals surface area contributed by atoms with Crippen LogP contribution in [0.3, 0.4) is 0 Å². The van der Waals surface area contributed by atoms with Crippen LogP contribution in [0.15, 0.2) is 47.3 Å². The van der Waals surface area contributed by atoms with E-state index in [0.29, 0.717) is 39.8 Å². The Morgan fingerprint density at radius 1 is 1.03 bits per heavy atom. The Morgan fingerprint density at radius 3 is 2.47 bits per heavy atom. The Bertz CT molecular complexity index is 1340. The Labute approximate surface area is 209 Å². The topological polar surface area (TPSA) is 112 Å². The van der Waals surface area contributed by atoms with Gasteiger partial charge in [-0.3, -0.25) is 14.4 Å². The predicted octanol–water partition coefficient (Wildman–Crippen LogP) is 3.07. The summed E-state index contributed by atoms with van der Waals surface area (Å²) in [6, 6.07) is 11.8. The highest BCUT2D eigenvalue weighted by Gasteiger charge is 2.28. The summed E-state index contributed by atoms with van der Waals surface area (Å²) in [5, 5.41) is 10.9. The third-order valence-electron chi connectivity index (χ3n) is 7.09. The van der Waals surface area contributed by atoms with Crippen LogP contribution in [0.25, 0.3) is 16.5 Å². The first-order valence-electron chi connectivity index (χ1n) is 12.2. The molecule has 3 aromatic rings. The molecule has 1 saturated carbocycles. The maximum atomic E-state index is 13.2. The second-order valence-electron chi connectivity index (χ2n) is 9.27. The molecule has 3 atom stereocenters. The van der Waals surface area contributed by atoms with E-state index in [1.165, 1.54) is 20.6 Å². The van der Waals surface area contributed by atoms with Crippen molar-refractivity contribution in [3.05, 3.63) is 58.5 Å². The summed E-state index contributed by atoms with van der Waals surface area (Å²) in [4.78, 5) is 39.0. The number of ether oxygens (including phenoxy) is 2. The van der Waals surface area contributed by atoms with Crippen LogP contribution in [-0.2, 0) is 4.79 Å². The van der Waals surface area contributed by atoms with E-state index >= 15 is 0 Å². The normalized spacial score (nSPS) is 19.5. The number of carbonyl (C=O) groups excluding carboxylic acids is 2. The van der Waals surface area contributed by atoms with E-state index in [1.54, 1.807) is 42.5 Å². The number of fused-ring (bicyclic) bond motifs is 1. The zero-order valence-electron chi connectivity index (χ0n) is 21.0. The zero-order valence-corrected chi connectivity index (χ0v) is 21.0. The Kier molecular flexibility index (Phi) is 7.57. The van der Waals surface area contributed by atoms with Gasteiger partial charge in [0.1, 0.15) is 0 Å². The zero-order chi connectivity index (χ0) is 25.8. The molecule has 2 amide bonds. The molecule has 0 unspecified atom stereocenters. The highest BCUT2D eigenvalue weighted by Crippen LogP contribution is 2.30. The Morgan fingerprint density at radius 2 is 1.75 bits per heavy atom. The van der Waals surface area contributed by atoms with Crippen LogP contribution in [-0.4, -0.2) is 48.4 Å². The van der Waals surface area contributed by atoms with Crippen molar-refractivity contribution in [2.45, 2.75) is 39.2 Å². The lowest BCUT2D eigenvalue weighted by Crippen LogP contribution is -2.47. The van der Waals surface area contributed by atoms with Gasteiger partial charge in [-0.1, -0.05) is 44.9 Å². The van der Waals surface area contributed by atoms with E-state index in [-0.39, 0.29) is 29.7 Å². The largest absolute Gasteiger partial charge is 0.493 e. The van der Waals surface area contributed by atoms with Crippen LogP contribution in [0.5, 0.6) is 11.5 Å². The lowest BCUT2D eigenvalue weighted by atomic mass is 9.78. The molecule has 2 aromatic carbocycles. The number of carbonyl (C=O) groups is 2. The average molecular weight is 493 g/mol. The fourth-order valence-electron chi connectivity index (χ4n) is 4.78. The van der Waals surface area contributed by atoms with Gasteiger partial charge in [0.15, 0.2) is 17.2 Å². The highest BCUT2D eigenvalue weighted by atomic mass is 16.5. The average Bonchev–Trinajstić information content (AvgIpc) is 2.90. The Balaban J connectivity index is 1.60. The van der Waals surface area contributed by atoms with E-state index in [9.17, 15) is 14.4 Å². The van der Waals surface area contributed by atoms with Crippen molar-refractivity contribution < 1.29 is 19.1 Å². The molecule has 0 spiro atoms. The number of hydrogen-bond acceptors (Lipinski definition) is 6. The van der Waals surface area contributed by atoms with Crippen LogP contribution >= 0.6 is 0 Å². The summed E-state index contributed by atoms with van der Waals surface area (Å²) in [5.41, 5.74) is 0.0792. The van der Waals surface area contributed by atoms with E-state index in [2.05, 4.69) is 29.6 Å². The molecular formula is C27H32N4O5. The highest BCUT2D eigenvalue weighted by molar-refractivity contribution is 6.05. The van der Waals surface area contributed by atoms with Gasteiger partial charge in [-0.15, -0.1) is 0 Å². The number of hydrogen-bond donors (Lipinski definition) is 2. The summed E-state index contributed by atoms with van der Waals surface area (Å²) < 4.78 is 11.8. The summed E-state index contributed by atoms with van der Waals surface area (Å²) >= 11 is 0. The number of nitrogens with zero attached hydrogens (tertiary/aromatic N) is 2. The number of benzene rings is 2. The van der Waals surface area contributed by atoms with Gasteiger partial charge < -0.3 is 20.1 Å². The second-order valence-corrected chi connectivity index (χ2v) is 9.27. The molecule has 36 heavy (non-hydrogen) atoms. The first kappa shape index (κ1) is 25.2.